The van der Waals surface area contributed by atoms with Crippen LogP contribution in [0.25, 0.3) is 22.3 Å². The summed E-state index contributed by atoms with van der Waals surface area (Å²) in [7, 11) is 0. The van der Waals surface area contributed by atoms with Gasteiger partial charge in [0, 0.05) is 42.0 Å². The van der Waals surface area contributed by atoms with Crippen molar-refractivity contribution in [2.24, 2.45) is 0 Å². The zero-order chi connectivity index (χ0) is 21.2. The zero-order valence-electron chi connectivity index (χ0n) is 17.8. The van der Waals surface area contributed by atoms with Gasteiger partial charge in [0.25, 0.3) is 0 Å². The molecule has 0 saturated heterocycles. The third kappa shape index (κ3) is 3.56. The van der Waals surface area contributed by atoms with E-state index >= 15 is 0 Å². The van der Waals surface area contributed by atoms with E-state index in [1.807, 2.05) is 50.4 Å². The van der Waals surface area contributed by atoms with E-state index < -0.39 is 0 Å². The molecule has 3 heterocycles. The smallest absolute Gasteiger partial charge is 0.164 e. The van der Waals surface area contributed by atoms with Crippen LogP contribution in [-0.2, 0) is 13.1 Å². The lowest BCUT2D eigenvalue weighted by Crippen LogP contribution is -2.34. The van der Waals surface area contributed by atoms with E-state index in [4.69, 9.17) is 9.47 Å². The van der Waals surface area contributed by atoms with E-state index in [9.17, 15) is 0 Å². The Morgan fingerprint density at radius 2 is 1.68 bits per heavy atom. The number of pyridine rings is 1. The summed E-state index contributed by atoms with van der Waals surface area (Å²) in [6.45, 7) is 7.49. The maximum atomic E-state index is 5.85. The number of ether oxygens (including phenoxy) is 2. The van der Waals surface area contributed by atoms with Gasteiger partial charge in [0.15, 0.2) is 23.1 Å². The highest BCUT2D eigenvalue weighted by molar-refractivity contribution is 5.94. The molecular formula is C24H25N5O2. The fourth-order valence-corrected chi connectivity index (χ4v) is 4.12. The van der Waals surface area contributed by atoms with Crippen LogP contribution in [0, 0.1) is 0 Å². The Kier molecular flexibility index (Phi) is 5.16. The molecule has 0 aliphatic carbocycles. The fraction of sp³-hybridized carbons (Fsp3) is 0.292. The van der Waals surface area contributed by atoms with Gasteiger partial charge in [-0.05, 0) is 26.0 Å². The Morgan fingerprint density at radius 1 is 0.903 bits per heavy atom. The Balaban J connectivity index is 1.51. The average Bonchev–Trinajstić information content (AvgIpc) is 3.23. The molecule has 0 spiro atoms. The van der Waals surface area contributed by atoms with Crippen molar-refractivity contribution >= 4 is 16.6 Å². The molecule has 2 aromatic heterocycles. The van der Waals surface area contributed by atoms with Gasteiger partial charge in [-0.2, -0.15) is 0 Å². The standard InChI is InChI=1S/C24H25N5O2/c1-3-30-21-14-18-19(15-22(21)31-4-2)25-11-10-20(18)28-12-13-29-23(16-28)26-27-24(29)17-8-6-5-7-9-17/h5-11,14-15H,3-4,12-13,16H2,1-2H3. The maximum Gasteiger partial charge on any atom is 0.164 e. The van der Waals surface area contributed by atoms with Crippen LogP contribution < -0.4 is 14.4 Å². The largest absolute Gasteiger partial charge is 0.490 e. The van der Waals surface area contributed by atoms with Gasteiger partial charge in [0.1, 0.15) is 0 Å². The van der Waals surface area contributed by atoms with E-state index in [2.05, 4.69) is 42.8 Å². The molecule has 2 aromatic carbocycles. The first-order valence-corrected chi connectivity index (χ1v) is 10.7. The minimum atomic E-state index is 0.580. The second-order valence-electron chi connectivity index (χ2n) is 7.39. The lowest BCUT2D eigenvalue weighted by molar-refractivity contribution is 0.288. The summed E-state index contributed by atoms with van der Waals surface area (Å²) in [6, 6.07) is 16.3. The molecule has 0 saturated carbocycles. The molecule has 7 nitrogen and oxygen atoms in total. The van der Waals surface area contributed by atoms with Crippen LogP contribution >= 0.6 is 0 Å². The molecule has 31 heavy (non-hydrogen) atoms. The zero-order valence-corrected chi connectivity index (χ0v) is 17.8. The average molecular weight is 415 g/mol. The van der Waals surface area contributed by atoms with Crippen molar-refractivity contribution in [1.29, 1.82) is 0 Å². The molecule has 0 atom stereocenters. The van der Waals surface area contributed by atoms with Gasteiger partial charge in [-0.25, -0.2) is 0 Å². The minimum Gasteiger partial charge on any atom is -0.490 e. The number of benzene rings is 2. The number of hydrogen-bond donors (Lipinski definition) is 0. The first kappa shape index (κ1) is 19.4. The summed E-state index contributed by atoms with van der Waals surface area (Å²) in [5, 5.41) is 10.00. The summed E-state index contributed by atoms with van der Waals surface area (Å²) in [6.07, 6.45) is 1.85. The Hall–Kier alpha value is -3.61. The summed E-state index contributed by atoms with van der Waals surface area (Å²) in [5.74, 6) is 3.37. The van der Waals surface area contributed by atoms with Gasteiger partial charge in [-0.3, -0.25) is 4.98 Å². The van der Waals surface area contributed by atoms with Gasteiger partial charge >= 0.3 is 0 Å². The number of anilines is 1. The first-order chi connectivity index (χ1) is 15.3. The van der Waals surface area contributed by atoms with E-state index in [0.717, 1.165) is 58.4 Å². The molecule has 0 radical (unpaired) electrons. The van der Waals surface area contributed by atoms with Crippen LogP contribution in [0.3, 0.4) is 0 Å². The highest BCUT2D eigenvalue weighted by Gasteiger charge is 2.24. The van der Waals surface area contributed by atoms with E-state index in [1.54, 1.807) is 0 Å². The topological polar surface area (TPSA) is 65.3 Å². The second-order valence-corrected chi connectivity index (χ2v) is 7.39. The van der Waals surface area contributed by atoms with Crippen molar-refractivity contribution in [2.75, 3.05) is 24.7 Å². The molecular weight excluding hydrogens is 390 g/mol. The van der Waals surface area contributed by atoms with Gasteiger partial charge in [0.05, 0.1) is 25.3 Å². The Morgan fingerprint density at radius 3 is 2.45 bits per heavy atom. The predicted molar refractivity (Wildman–Crippen MR) is 121 cm³/mol. The lowest BCUT2D eigenvalue weighted by Gasteiger charge is -2.30. The molecule has 5 rings (SSSR count). The van der Waals surface area contributed by atoms with Crippen molar-refractivity contribution in [2.45, 2.75) is 26.9 Å². The quantitative estimate of drug-likeness (QED) is 0.468. The molecule has 0 amide bonds. The molecule has 0 bridgehead atoms. The fourth-order valence-electron chi connectivity index (χ4n) is 4.12. The van der Waals surface area contributed by atoms with E-state index in [-0.39, 0.29) is 0 Å². The predicted octanol–water partition coefficient (Wildman–Crippen LogP) is 4.31. The molecule has 158 valence electrons. The van der Waals surface area contributed by atoms with E-state index in [1.165, 1.54) is 0 Å². The van der Waals surface area contributed by atoms with Gasteiger partial charge in [-0.1, -0.05) is 30.3 Å². The van der Waals surface area contributed by atoms with Crippen molar-refractivity contribution in [3.8, 4) is 22.9 Å². The molecule has 7 heteroatoms. The van der Waals surface area contributed by atoms with E-state index in [0.29, 0.717) is 19.8 Å². The highest BCUT2D eigenvalue weighted by atomic mass is 16.5. The number of aromatic nitrogens is 4. The SMILES string of the molecule is CCOc1cc2nccc(N3CCn4c(nnc4-c4ccccc4)C3)c2cc1OCC. The Labute approximate surface area is 181 Å². The Bertz CT molecular complexity index is 1210. The van der Waals surface area contributed by atoms with Crippen molar-refractivity contribution in [3.63, 3.8) is 0 Å². The molecule has 1 aliphatic rings. The molecule has 1 aliphatic heterocycles. The number of rotatable bonds is 6. The van der Waals surface area contributed by atoms with Crippen molar-refractivity contribution in [3.05, 3.63) is 60.6 Å². The molecule has 4 aromatic rings. The van der Waals surface area contributed by atoms with Gasteiger partial charge in [-0.15, -0.1) is 10.2 Å². The lowest BCUT2D eigenvalue weighted by atomic mass is 10.1. The summed E-state index contributed by atoms with van der Waals surface area (Å²) in [5.41, 5.74) is 3.10. The van der Waals surface area contributed by atoms with Gasteiger partial charge in [0.2, 0.25) is 0 Å². The maximum absolute atomic E-state index is 5.85. The third-order valence-corrected chi connectivity index (χ3v) is 5.51. The highest BCUT2D eigenvalue weighted by Crippen LogP contribution is 2.37. The molecule has 0 fully saturated rings. The summed E-state index contributed by atoms with van der Waals surface area (Å²) >= 11 is 0. The van der Waals surface area contributed by atoms with Crippen LogP contribution in [0.4, 0.5) is 5.69 Å². The van der Waals surface area contributed by atoms with Gasteiger partial charge < -0.3 is 18.9 Å². The number of hydrogen-bond acceptors (Lipinski definition) is 6. The minimum absolute atomic E-state index is 0.580. The normalized spacial score (nSPS) is 13.3. The summed E-state index contributed by atoms with van der Waals surface area (Å²) < 4.78 is 13.8. The van der Waals surface area contributed by atoms with Crippen LogP contribution in [0.5, 0.6) is 11.5 Å². The summed E-state index contributed by atoms with van der Waals surface area (Å²) in [4.78, 5) is 6.91. The second kappa shape index (κ2) is 8.26. The van der Waals surface area contributed by atoms with Crippen LogP contribution in [0.2, 0.25) is 0 Å². The molecule has 0 unspecified atom stereocenters. The third-order valence-electron chi connectivity index (χ3n) is 5.51. The monoisotopic (exact) mass is 415 g/mol. The van der Waals surface area contributed by atoms with Crippen molar-refractivity contribution in [1.82, 2.24) is 19.7 Å². The van der Waals surface area contributed by atoms with Crippen LogP contribution in [-0.4, -0.2) is 39.5 Å². The van der Waals surface area contributed by atoms with Crippen molar-refractivity contribution < 1.29 is 9.47 Å². The van der Waals surface area contributed by atoms with Crippen LogP contribution in [0.15, 0.2) is 54.7 Å². The number of fused-ring (bicyclic) bond motifs is 2. The number of nitrogens with zero attached hydrogens (tertiary/aromatic N) is 5. The first-order valence-electron chi connectivity index (χ1n) is 10.7. The molecule has 0 N–H and O–H groups in total. The van der Waals surface area contributed by atoms with Crippen LogP contribution in [0.1, 0.15) is 19.7 Å².